The fraction of sp³-hybridized carbons (Fsp3) is 0.519. The van der Waals surface area contributed by atoms with Crippen LogP contribution >= 0.6 is 0 Å². The minimum Gasteiger partial charge on any atom is -0.400 e. The highest BCUT2D eigenvalue weighted by Gasteiger charge is 2.32. The number of fused-ring (bicyclic) bond motifs is 1. The third-order valence-corrected chi connectivity index (χ3v) is 5.69. The van der Waals surface area contributed by atoms with Crippen molar-refractivity contribution in [2.75, 3.05) is 20.2 Å². The number of hydrogen-bond acceptors (Lipinski definition) is 3. The van der Waals surface area contributed by atoms with Crippen molar-refractivity contribution in [3.8, 4) is 0 Å². The lowest BCUT2D eigenvalue weighted by molar-refractivity contribution is 0.0895. The smallest absolute Gasteiger partial charge is 0.166 e. The Morgan fingerprint density at radius 2 is 1.43 bits per heavy atom. The van der Waals surface area contributed by atoms with Gasteiger partial charge in [-0.25, -0.2) is 0 Å². The number of rotatable bonds is 4. The molecule has 2 aliphatic rings. The Bertz CT molecular complexity index is 706. The van der Waals surface area contributed by atoms with Crippen LogP contribution in [0.2, 0.25) is 0 Å². The van der Waals surface area contributed by atoms with Crippen LogP contribution in [-0.2, 0) is 13.0 Å². The van der Waals surface area contributed by atoms with Crippen LogP contribution in [0.15, 0.2) is 54.6 Å². The largest absolute Gasteiger partial charge is 0.400 e. The van der Waals surface area contributed by atoms with Gasteiger partial charge in [0, 0.05) is 25.1 Å². The van der Waals surface area contributed by atoms with E-state index in [4.69, 9.17) is 5.11 Å². The van der Waals surface area contributed by atoms with E-state index < -0.39 is 0 Å². The van der Waals surface area contributed by atoms with E-state index in [0.717, 1.165) is 45.1 Å². The number of aliphatic hydroxyl groups excluding tert-OH is 1. The summed E-state index contributed by atoms with van der Waals surface area (Å²) in [5.41, 5.74) is 3.63. The number of piperidine rings is 1. The van der Waals surface area contributed by atoms with Crippen molar-refractivity contribution >= 4 is 5.78 Å². The molecule has 0 spiro atoms. The van der Waals surface area contributed by atoms with E-state index in [1.807, 2.05) is 39.8 Å². The highest BCUT2D eigenvalue weighted by Crippen LogP contribution is 2.34. The van der Waals surface area contributed by atoms with Crippen molar-refractivity contribution < 1.29 is 9.90 Å². The fourth-order valence-electron chi connectivity index (χ4n) is 4.33. The maximum absolute atomic E-state index is 12.6. The first-order chi connectivity index (χ1) is 14.8. The summed E-state index contributed by atoms with van der Waals surface area (Å²) in [5.74, 6) is 1.32. The highest BCUT2D eigenvalue weighted by molar-refractivity contribution is 6.02. The van der Waals surface area contributed by atoms with Crippen molar-refractivity contribution in [1.29, 1.82) is 0 Å². The van der Waals surface area contributed by atoms with Crippen LogP contribution in [0.3, 0.4) is 0 Å². The summed E-state index contributed by atoms with van der Waals surface area (Å²) in [6.07, 6.45) is 4.49. The van der Waals surface area contributed by atoms with E-state index in [1.54, 1.807) is 0 Å². The lowest BCUT2D eigenvalue weighted by Gasteiger charge is -2.32. The monoisotopic (exact) mass is 411 g/mol. The average Bonchev–Trinajstić information content (AvgIpc) is 3.15. The first-order valence-corrected chi connectivity index (χ1v) is 11.6. The second-order valence-electron chi connectivity index (χ2n) is 7.36. The summed E-state index contributed by atoms with van der Waals surface area (Å²) >= 11 is 0. The van der Waals surface area contributed by atoms with Gasteiger partial charge < -0.3 is 5.11 Å². The fourth-order valence-corrected chi connectivity index (χ4v) is 4.33. The summed E-state index contributed by atoms with van der Waals surface area (Å²) in [7, 11) is 1.00. The Labute approximate surface area is 184 Å². The minimum atomic E-state index is 0.230. The molecule has 1 saturated heterocycles. The predicted octanol–water partition coefficient (Wildman–Crippen LogP) is 6.00. The van der Waals surface area contributed by atoms with Gasteiger partial charge in [0.15, 0.2) is 5.78 Å². The van der Waals surface area contributed by atoms with Gasteiger partial charge in [-0.3, -0.25) is 9.69 Å². The van der Waals surface area contributed by atoms with Crippen molar-refractivity contribution in [1.82, 2.24) is 4.90 Å². The molecular weight excluding hydrogens is 370 g/mol. The first kappa shape index (κ1) is 26.1. The molecule has 1 aliphatic heterocycles. The van der Waals surface area contributed by atoms with Crippen molar-refractivity contribution in [2.45, 2.75) is 59.9 Å². The van der Waals surface area contributed by atoms with Gasteiger partial charge in [0.05, 0.1) is 0 Å². The van der Waals surface area contributed by atoms with Crippen LogP contribution in [-0.4, -0.2) is 36.0 Å². The van der Waals surface area contributed by atoms with Crippen molar-refractivity contribution in [3.63, 3.8) is 0 Å². The normalized spacial score (nSPS) is 18.1. The molecule has 30 heavy (non-hydrogen) atoms. The number of likely N-dealkylation sites (tertiary alicyclic amines) is 1. The molecule has 0 saturated carbocycles. The predicted molar refractivity (Wildman–Crippen MR) is 128 cm³/mol. The summed E-state index contributed by atoms with van der Waals surface area (Å²) in [6.45, 7) is 11.4. The van der Waals surface area contributed by atoms with E-state index in [2.05, 4.69) is 47.4 Å². The van der Waals surface area contributed by atoms with Gasteiger partial charge in [-0.1, -0.05) is 82.3 Å². The molecule has 2 aromatic carbocycles. The average molecular weight is 412 g/mol. The number of Topliss-reactive ketones (excluding diaryl/α,β-unsaturated/α-hetero) is 1. The van der Waals surface area contributed by atoms with E-state index in [0.29, 0.717) is 11.7 Å². The molecule has 1 unspecified atom stereocenters. The molecule has 3 heteroatoms. The number of ketones is 1. The topological polar surface area (TPSA) is 40.5 Å². The molecule has 166 valence electrons. The van der Waals surface area contributed by atoms with Gasteiger partial charge in [0.2, 0.25) is 0 Å². The third kappa shape index (κ3) is 7.37. The summed E-state index contributed by atoms with van der Waals surface area (Å²) in [4.78, 5) is 15.1. The lowest BCUT2D eigenvalue weighted by atomic mass is 9.85. The summed E-state index contributed by atoms with van der Waals surface area (Å²) in [5, 5.41) is 7.00. The van der Waals surface area contributed by atoms with Gasteiger partial charge in [-0.05, 0) is 55.8 Å². The van der Waals surface area contributed by atoms with Gasteiger partial charge >= 0.3 is 0 Å². The van der Waals surface area contributed by atoms with Crippen LogP contribution < -0.4 is 0 Å². The number of nitrogens with zero attached hydrogens (tertiary/aromatic N) is 1. The van der Waals surface area contributed by atoms with Crippen LogP contribution in [0.4, 0.5) is 0 Å². The summed E-state index contributed by atoms with van der Waals surface area (Å²) in [6, 6.07) is 18.9. The highest BCUT2D eigenvalue weighted by atomic mass is 16.2. The first-order valence-electron chi connectivity index (χ1n) is 11.6. The molecule has 1 heterocycles. The number of aliphatic hydroxyl groups is 1. The molecule has 0 amide bonds. The maximum Gasteiger partial charge on any atom is 0.166 e. The zero-order valence-corrected chi connectivity index (χ0v) is 19.6. The van der Waals surface area contributed by atoms with Crippen LogP contribution in [0, 0.1) is 11.8 Å². The SMILES string of the molecule is CC.CC.CO.O=C1c2ccccc2CC1CC1CCN(Cc2ccccc2)CC1. The molecule has 1 atom stereocenters. The number of carbonyl (C=O) groups excluding carboxylic acids is 1. The van der Waals surface area contributed by atoms with Gasteiger partial charge in [-0.15, -0.1) is 0 Å². The molecule has 4 rings (SSSR count). The van der Waals surface area contributed by atoms with E-state index in [-0.39, 0.29) is 5.92 Å². The van der Waals surface area contributed by atoms with Crippen LogP contribution in [0.5, 0.6) is 0 Å². The van der Waals surface area contributed by atoms with E-state index in [9.17, 15) is 4.79 Å². The zero-order chi connectivity index (χ0) is 22.4. The van der Waals surface area contributed by atoms with Gasteiger partial charge in [0.25, 0.3) is 0 Å². The molecule has 3 nitrogen and oxygen atoms in total. The molecule has 1 aliphatic carbocycles. The molecule has 0 aromatic heterocycles. The van der Waals surface area contributed by atoms with Crippen molar-refractivity contribution in [2.24, 2.45) is 11.8 Å². The molecule has 2 aromatic rings. The second kappa shape index (κ2) is 14.9. The third-order valence-electron chi connectivity index (χ3n) is 5.69. The molecule has 1 N–H and O–H groups in total. The molecular formula is C27H41NO2. The molecule has 0 radical (unpaired) electrons. The van der Waals surface area contributed by atoms with Gasteiger partial charge in [0.1, 0.15) is 0 Å². The number of benzene rings is 2. The Kier molecular flexibility index (Phi) is 13.0. The Morgan fingerprint density at radius 1 is 0.867 bits per heavy atom. The van der Waals surface area contributed by atoms with E-state index >= 15 is 0 Å². The van der Waals surface area contributed by atoms with Crippen molar-refractivity contribution in [3.05, 3.63) is 71.3 Å². The zero-order valence-electron chi connectivity index (χ0n) is 19.6. The van der Waals surface area contributed by atoms with Gasteiger partial charge in [-0.2, -0.15) is 0 Å². The van der Waals surface area contributed by atoms with Crippen LogP contribution in [0.25, 0.3) is 0 Å². The maximum atomic E-state index is 12.6. The minimum absolute atomic E-state index is 0.230. The Hall–Kier alpha value is -1.97. The molecule has 1 fully saturated rings. The lowest BCUT2D eigenvalue weighted by Crippen LogP contribution is -2.34. The Balaban J connectivity index is 0.000000691. The summed E-state index contributed by atoms with van der Waals surface area (Å²) < 4.78 is 0. The molecule has 0 bridgehead atoms. The second-order valence-corrected chi connectivity index (χ2v) is 7.36. The Morgan fingerprint density at radius 3 is 2.03 bits per heavy atom. The number of hydrogen-bond donors (Lipinski definition) is 1. The quantitative estimate of drug-likeness (QED) is 0.670. The number of carbonyl (C=O) groups is 1. The van der Waals surface area contributed by atoms with E-state index in [1.165, 1.54) is 24.0 Å². The standard InChI is InChI=1S/C22H25NO.2C2H6.CH4O/c24-22-20(15-19-8-4-5-9-21(19)22)14-17-10-12-23(13-11-17)16-18-6-2-1-3-7-18;3*1-2/h1-9,17,20H,10-16H2;2*1-2H3;2H,1H3. The van der Waals surface area contributed by atoms with Crippen LogP contribution in [0.1, 0.15) is 68.4 Å².